The Kier molecular flexibility index (Phi) is 9.50. The minimum Gasteiger partial charge on any atom is -0.353 e. The second-order valence-corrected chi connectivity index (χ2v) is 7.50. The van der Waals surface area contributed by atoms with Gasteiger partial charge in [0.05, 0.1) is 6.42 Å². The average molecular weight is 377 g/mol. The number of benzene rings is 1. The zero-order valence-electron chi connectivity index (χ0n) is 16.7. The molecule has 7 heteroatoms. The molecular weight excluding hydrogens is 344 g/mol. The molecule has 1 rings (SSSR count). The molecule has 0 saturated carbocycles. The third kappa shape index (κ3) is 10.4. The van der Waals surface area contributed by atoms with Gasteiger partial charge >= 0.3 is 0 Å². The summed E-state index contributed by atoms with van der Waals surface area (Å²) >= 11 is 0. The van der Waals surface area contributed by atoms with Crippen LogP contribution in [0.1, 0.15) is 39.2 Å². The van der Waals surface area contributed by atoms with Crippen LogP contribution in [0.3, 0.4) is 0 Å². The van der Waals surface area contributed by atoms with Crippen molar-refractivity contribution in [3.63, 3.8) is 0 Å². The van der Waals surface area contributed by atoms with Gasteiger partial charge < -0.3 is 21.3 Å². The van der Waals surface area contributed by atoms with Gasteiger partial charge in [0.1, 0.15) is 6.04 Å². The van der Waals surface area contributed by atoms with Crippen molar-refractivity contribution in [2.24, 2.45) is 0 Å². The highest BCUT2D eigenvalue weighted by Gasteiger charge is 2.25. The zero-order chi connectivity index (χ0) is 20.3. The first-order chi connectivity index (χ1) is 12.7. The monoisotopic (exact) mass is 376 g/mol. The van der Waals surface area contributed by atoms with Gasteiger partial charge in [-0.05, 0) is 39.8 Å². The fourth-order valence-corrected chi connectivity index (χ4v) is 2.47. The fourth-order valence-electron chi connectivity index (χ4n) is 2.47. The number of hydrogen-bond donors (Lipinski definition) is 4. The molecule has 0 saturated heterocycles. The van der Waals surface area contributed by atoms with E-state index in [0.29, 0.717) is 19.5 Å². The predicted octanol–water partition coefficient (Wildman–Crippen LogP) is 0.744. The van der Waals surface area contributed by atoms with Gasteiger partial charge in [0.25, 0.3) is 0 Å². The summed E-state index contributed by atoms with van der Waals surface area (Å²) < 4.78 is 0. The van der Waals surface area contributed by atoms with Crippen LogP contribution in [-0.4, -0.2) is 49.4 Å². The molecule has 150 valence electrons. The van der Waals surface area contributed by atoms with Gasteiger partial charge in [0, 0.05) is 25.0 Å². The van der Waals surface area contributed by atoms with Crippen LogP contribution in [0.5, 0.6) is 0 Å². The Balaban J connectivity index is 2.64. The largest absolute Gasteiger partial charge is 0.353 e. The molecular formula is C20H32N4O3. The second-order valence-electron chi connectivity index (χ2n) is 7.50. The molecule has 27 heavy (non-hydrogen) atoms. The van der Waals surface area contributed by atoms with Gasteiger partial charge in [-0.3, -0.25) is 14.4 Å². The lowest BCUT2D eigenvalue weighted by atomic mass is 10.1. The van der Waals surface area contributed by atoms with E-state index in [4.69, 9.17) is 0 Å². The quantitative estimate of drug-likeness (QED) is 0.453. The molecule has 0 fully saturated rings. The van der Waals surface area contributed by atoms with Crippen LogP contribution in [0.4, 0.5) is 0 Å². The summed E-state index contributed by atoms with van der Waals surface area (Å²) in [5.74, 6) is -0.891. The third-order valence-electron chi connectivity index (χ3n) is 3.71. The number of carbonyl (C=O) groups excluding carboxylic acids is 3. The van der Waals surface area contributed by atoms with E-state index in [1.165, 1.54) is 0 Å². The smallest absolute Gasteiger partial charge is 0.243 e. The van der Waals surface area contributed by atoms with E-state index >= 15 is 0 Å². The fraction of sp³-hybridized carbons (Fsp3) is 0.550. The van der Waals surface area contributed by atoms with E-state index in [9.17, 15) is 14.4 Å². The maximum Gasteiger partial charge on any atom is 0.243 e. The number of rotatable bonds is 10. The summed E-state index contributed by atoms with van der Waals surface area (Å²) in [5, 5.41) is 11.2. The Morgan fingerprint density at radius 1 is 1.00 bits per heavy atom. The van der Waals surface area contributed by atoms with E-state index in [1.807, 2.05) is 51.1 Å². The summed E-state index contributed by atoms with van der Waals surface area (Å²) in [5.41, 5.74) is 0.648. The van der Waals surface area contributed by atoms with Crippen LogP contribution >= 0.6 is 0 Å². The molecule has 0 radical (unpaired) electrons. The van der Waals surface area contributed by atoms with Crippen molar-refractivity contribution in [3.8, 4) is 0 Å². The van der Waals surface area contributed by atoms with Gasteiger partial charge in [-0.1, -0.05) is 30.3 Å². The second kappa shape index (κ2) is 11.3. The number of carbonyl (C=O) groups is 3. The molecule has 0 aliphatic heterocycles. The first kappa shape index (κ1) is 22.6. The molecule has 0 aliphatic carbocycles. The first-order valence-electron chi connectivity index (χ1n) is 9.28. The Bertz CT molecular complexity index is 611. The van der Waals surface area contributed by atoms with Crippen molar-refractivity contribution in [1.82, 2.24) is 21.3 Å². The van der Waals surface area contributed by atoms with Crippen LogP contribution in [0.15, 0.2) is 30.3 Å². The van der Waals surface area contributed by atoms with Gasteiger partial charge in [0.2, 0.25) is 17.7 Å². The highest BCUT2D eigenvalue weighted by molar-refractivity contribution is 5.92. The third-order valence-corrected chi connectivity index (χ3v) is 3.71. The van der Waals surface area contributed by atoms with E-state index in [2.05, 4.69) is 21.3 Å². The minimum atomic E-state index is -0.896. The maximum absolute atomic E-state index is 12.4. The summed E-state index contributed by atoms with van der Waals surface area (Å²) in [4.78, 5) is 36.9. The molecule has 4 N–H and O–H groups in total. The molecule has 1 atom stereocenters. The highest BCUT2D eigenvalue weighted by atomic mass is 16.2. The Hall–Kier alpha value is -2.41. The summed E-state index contributed by atoms with van der Waals surface area (Å²) in [6, 6.07) is 8.76. The van der Waals surface area contributed by atoms with Gasteiger partial charge in [-0.25, -0.2) is 0 Å². The Morgan fingerprint density at radius 2 is 1.67 bits per heavy atom. The number of amides is 3. The number of hydrogen-bond acceptors (Lipinski definition) is 4. The van der Waals surface area contributed by atoms with Crippen molar-refractivity contribution >= 4 is 17.7 Å². The van der Waals surface area contributed by atoms with Crippen LogP contribution in [0.25, 0.3) is 0 Å². The minimum absolute atomic E-state index is 0.0975. The number of likely N-dealkylation sites (N-methyl/N-ethyl adjacent to an activating group) is 1. The summed E-state index contributed by atoms with van der Waals surface area (Å²) in [6.07, 6.45) is 0.736. The Morgan fingerprint density at radius 3 is 2.26 bits per heavy atom. The Labute approximate surface area is 161 Å². The average Bonchev–Trinajstić information content (AvgIpc) is 2.59. The van der Waals surface area contributed by atoms with Crippen LogP contribution in [0, 0.1) is 0 Å². The SMILES string of the molecule is CNCCNC(=O)C(CC(=O)NC(C)(C)C)NC(=O)CCc1ccccc1. The molecule has 1 aromatic carbocycles. The molecule has 7 nitrogen and oxygen atoms in total. The molecule has 0 bridgehead atoms. The van der Waals surface area contributed by atoms with E-state index in [1.54, 1.807) is 7.05 Å². The standard InChI is InChI=1S/C20H32N4O3/c1-20(2,3)24-18(26)14-16(19(27)22-13-12-21-4)23-17(25)11-10-15-8-6-5-7-9-15/h5-9,16,21H,10-14H2,1-4H3,(H,22,27)(H,23,25)(H,24,26). The lowest BCUT2D eigenvalue weighted by Gasteiger charge is -2.23. The van der Waals surface area contributed by atoms with Gasteiger partial charge in [-0.2, -0.15) is 0 Å². The predicted molar refractivity (Wildman–Crippen MR) is 106 cm³/mol. The molecule has 0 aromatic heterocycles. The van der Waals surface area contributed by atoms with Crippen LogP contribution < -0.4 is 21.3 Å². The van der Waals surface area contributed by atoms with Crippen molar-refractivity contribution in [3.05, 3.63) is 35.9 Å². The summed E-state index contributed by atoms with van der Waals surface area (Å²) in [7, 11) is 1.78. The molecule has 1 aromatic rings. The van der Waals surface area contributed by atoms with Crippen molar-refractivity contribution in [2.75, 3.05) is 20.1 Å². The van der Waals surface area contributed by atoms with Crippen molar-refractivity contribution < 1.29 is 14.4 Å². The lowest BCUT2D eigenvalue weighted by Crippen LogP contribution is -2.51. The number of aryl methyl sites for hydroxylation is 1. The lowest BCUT2D eigenvalue weighted by molar-refractivity contribution is -0.132. The van der Waals surface area contributed by atoms with Gasteiger partial charge in [-0.15, -0.1) is 0 Å². The van der Waals surface area contributed by atoms with E-state index in [0.717, 1.165) is 5.56 Å². The molecule has 0 heterocycles. The molecule has 0 spiro atoms. The first-order valence-corrected chi connectivity index (χ1v) is 9.28. The van der Waals surface area contributed by atoms with Gasteiger partial charge in [0.15, 0.2) is 0 Å². The highest BCUT2D eigenvalue weighted by Crippen LogP contribution is 2.04. The van der Waals surface area contributed by atoms with Crippen molar-refractivity contribution in [2.45, 2.75) is 51.6 Å². The molecule has 3 amide bonds. The molecule has 0 aliphatic rings. The topological polar surface area (TPSA) is 99.3 Å². The summed E-state index contributed by atoms with van der Waals surface area (Å²) in [6.45, 7) is 6.63. The maximum atomic E-state index is 12.4. The van der Waals surface area contributed by atoms with Crippen LogP contribution in [0.2, 0.25) is 0 Å². The molecule has 1 unspecified atom stereocenters. The van der Waals surface area contributed by atoms with Crippen molar-refractivity contribution in [1.29, 1.82) is 0 Å². The zero-order valence-corrected chi connectivity index (χ0v) is 16.7. The van der Waals surface area contributed by atoms with E-state index in [-0.39, 0.29) is 30.6 Å². The normalized spacial score (nSPS) is 12.1. The van der Waals surface area contributed by atoms with Crippen LogP contribution in [-0.2, 0) is 20.8 Å². The van der Waals surface area contributed by atoms with E-state index < -0.39 is 11.6 Å². The number of nitrogens with one attached hydrogen (secondary N) is 4.